The van der Waals surface area contributed by atoms with Gasteiger partial charge in [0, 0.05) is 71.4 Å². The molecule has 3 N–H and O–H groups in total. The van der Waals surface area contributed by atoms with Gasteiger partial charge in [0.05, 0.1) is 0 Å². The minimum Gasteiger partial charge on any atom is -0.356 e. The van der Waals surface area contributed by atoms with E-state index in [-0.39, 0.29) is 29.9 Å². The van der Waals surface area contributed by atoms with Crippen molar-refractivity contribution in [1.29, 1.82) is 0 Å². The Kier molecular flexibility index (Phi) is 11.2. The highest BCUT2D eigenvalue weighted by atomic mass is 127. The third-order valence-electron chi connectivity index (χ3n) is 6.20. The summed E-state index contributed by atoms with van der Waals surface area (Å²) in [4.78, 5) is 32.8. The highest BCUT2D eigenvalue weighted by Crippen LogP contribution is 2.28. The summed E-state index contributed by atoms with van der Waals surface area (Å²) in [5, 5.41) is 9.35. The molecule has 1 saturated carbocycles. The third kappa shape index (κ3) is 7.61. The number of rotatable bonds is 8. The van der Waals surface area contributed by atoms with Gasteiger partial charge in [-0.2, -0.15) is 0 Å². The SMILES string of the molecule is CN=C(NCCc1cccc(C(=O)NC)c1)NCCN1CCN(C(=O)C2CCC2)CC1.I. The van der Waals surface area contributed by atoms with E-state index in [4.69, 9.17) is 0 Å². The van der Waals surface area contributed by atoms with Crippen LogP contribution >= 0.6 is 24.0 Å². The van der Waals surface area contributed by atoms with E-state index in [1.807, 2.05) is 29.2 Å². The maximum Gasteiger partial charge on any atom is 0.251 e. The van der Waals surface area contributed by atoms with Crippen LogP contribution in [0, 0.1) is 5.92 Å². The Labute approximate surface area is 208 Å². The summed E-state index contributed by atoms with van der Waals surface area (Å²) in [6, 6.07) is 7.68. The van der Waals surface area contributed by atoms with E-state index < -0.39 is 0 Å². The zero-order valence-corrected chi connectivity index (χ0v) is 21.6. The number of hydrogen-bond acceptors (Lipinski definition) is 4. The van der Waals surface area contributed by atoms with Crippen LogP contribution in [0.3, 0.4) is 0 Å². The molecule has 1 aromatic rings. The molecule has 2 amide bonds. The molecular weight excluding hydrogens is 519 g/mol. The van der Waals surface area contributed by atoms with Crippen LogP contribution in [-0.4, -0.2) is 87.5 Å². The number of benzene rings is 1. The highest BCUT2D eigenvalue weighted by molar-refractivity contribution is 14.0. The number of carbonyl (C=O) groups excluding carboxylic acids is 2. The van der Waals surface area contributed by atoms with Gasteiger partial charge in [-0.15, -0.1) is 24.0 Å². The van der Waals surface area contributed by atoms with Crippen LogP contribution in [0.5, 0.6) is 0 Å². The van der Waals surface area contributed by atoms with Gasteiger partial charge < -0.3 is 20.9 Å². The van der Waals surface area contributed by atoms with Crippen LogP contribution in [-0.2, 0) is 11.2 Å². The van der Waals surface area contributed by atoms with Gasteiger partial charge in [-0.05, 0) is 37.0 Å². The number of guanidine groups is 1. The second kappa shape index (κ2) is 13.6. The average Bonchev–Trinajstić information content (AvgIpc) is 2.77. The summed E-state index contributed by atoms with van der Waals surface area (Å²) in [5.74, 6) is 1.38. The molecule has 0 aromatic heterocycles. The van der Waals surface area contributed by atoms with Gasteiger partial charge >= 0.3 is 0 Å². The van der Waals surface area contributed by atoms with Crippen molar-refractivity contribution in [3.8, 4) is 0 Å². The van der Waals surface area contributed by atoms with Gasteiger partial charge in [-0.1, -0.05) is 18.6 Å². The lowest BCUT2D eigenvalue weighted by Gasteiger charge is -2.38. The molecule has 2 aliphatic rings. The molecule has 2 fully saturated rings. The van der Waals surface area contributed by atoms with Crippen molar-refractivity contribution >= 4 is 41.8 Å². The Morgan fingerprint density at radius 1 is 1.09 bits per heavy atom. The van der Waals surface area contributed by atoms with Gasteiger partial charge in [0.15, 0.2) is 5.96 Å². The van der Waals surface area contributed by atoms with Gasteiger partial charge in [0.25, 0.3) is 5.91 Å². The van der Waals surface area contributed by atoms with Crippen LogP contribution in [0.2, 0.25) is 0 Å². The minimum absolute atomic E-state index is 0. The first kappa shape index (κ1) is 26.4. The topological polar surface area (TPSA) is 89.1 Å². The minimum atomic E-state index is -0.0690. The van der Waals surface area contributed by atoms with Crippen LogP contribution in [0.1, 0.15) is 35.2 Å². The maximum atomic E-state index is 12.4. The summed E-state index contributed by atoms with van der Waals surface area (Å²) in [6.45, 7) is 6.04. The summed E-state index contributed by atoms with van der Waals surface area (Å²) in [6.07, 6.45) is 4.17. The fraction of sp³-hybridized carbons (Fsp3) is 0.609. The molecule has 0 radical (unpaired) electrons. The van der Waals surface area contributed by atoms with E-state index >= 15 is 0 Å². The van der Waals surface area contributed by atoms with Crippen molar-refractivity contribution in [2.75, 3.05) is 59.9 Å². The molecule has 178 valence electrons. The first-order chi connectivity index (χ1) is 15.1. The second-order valence-electron chi connectivity index (χ2n) is 8.25. The van der Waals surface area contributed by atoms with Gasteiger partial charge in [0.2, 0.25) is 5.91 Å². The molecule has 1 aromatic carbocycles. The Morgan fingerprint density at radius 3 is 2.44 bits per heavy atom. The number of amides is 2. The van der Waals surface area contributed by atoms with Crippen LogP contribution in [0.4, 0.5) is 0 Å². The fourth-order valence-corrected chi connectivity index (χ4v) is 4.00. The molecule has 3 rings (SSSR count). The first-order valence-electron chi connectivity index (χ1n) is 11.4. The molecule has 1 aliphatic carbocycles. The normalized spacial score (nSPS) is 17.2. The molecule has 1 saturated heterocycles. The summed E-state index contributed by atoms with van der Waals surface area (Å²) in [7, 11) is 3.41. The standard InChI is InChI=1S/C23H36N6O2.HI/c1-24-21(30)20-8-3-5-18(17-20)9-10-26-23(25-2)27-11-12-28-13-15-29(16-14-28)22(31)19-6-4-7-19;/h3,5,8,17,19H,4,6-7,9-16H2,1-2H3,(H,24,30)(H2,25,26,27);1H. The highest BCUT2D eigenvalue weighted by Gasteiger charge is 2.30. The lowest BCUT2D eigenvalue weighted by atomic mass is 9.84. The van der Waals surface area contributed by atoms with E-state index in [1.165, 1.54) is 6.42 Å². The zero-order chi connectivity index (χ0) is 22.1. The number of carbonyl (C=O) groups is 2. The van der Waals surface area contributed by atoms with E-state index in [0.717, 1.165) is 76.6 Å². The summed E-state index contributed by atoms with van der Waals surface area (Å²) < 4.78 is 0. The van der Waals surface area contributed by atoms with E-state index in [1.54, 1.807) is 14.1 Å². The van der Waals surface area contributed by atoms with Crippen LogP contribution in [0.25, 0.3) is 0 Å². The second-order valence-corrected chi connectivity index (χ2v) is 8.25. The predicted octanol–water partition coefficient (Wildman–Crippen LogP) is 1.32. The monoisotopic (exact) mass is 556 g/mol. The molecule has 32 heavy (non-hydrogen) atoms. The molecule has 1 heterocycles. The number of nitrogens with zero attached hydrogens (tertiary/aromatic N) is 3. The fourth-order valence-electron chi connectivity index (χ4n) is 4.00. The molecular formula is C23H37IN6O2. The van der Waals surface area contributed by atoms with Crippen LogP contribution < -0.4 is 16.0 Å². The lowest BCUT2D eigenvalue weighted by molar-refractivity contribution is -0.139. The molecule has 8 nitrogen and oxygen atoms in total. The maximum absolute atomic E-state index is 12.4. The Bertz CT molecular complexity index is 776. The smallest absolute Gasteiger partial charge is 0.251 e. The summed E-state index contributed by atoms with van der Waals surface area (Å²) >= 11 is 0. The molecule has 0 unspecified atom stereocenters. The summed E-state index contributed by atoms with van der Waals surface area (Å²) in [5.41, 5.74) is 1.79. The number of piperazine rings is 1. The molecule has 0 atom stereocenters. The van der Waals surface area contributed by atoms with Crippen molar-refractivity contribution < 1.29 is 9.59 Å². The quantitative estimate of drug-likeness (QED) is 0.256. The number of halogens is 1. The largest absolute Gasteiger partial charge is 0.356 e. The van der Waals surface area contributed by atoms with Crippen molar-refractivity contribution in [2.24, 2.45) is 10.9 Å². The van der Waals surface area contributed by atoms with Crippen LogP contribution in [0.15, 0.2) is 29.3 Å². The molecule has 1 aliphatic heterocycles. The van der Waals surface area contributed by atoms with E-state index in [0.29, 0.717) is 17.4 Å². The predicted molar refractivity (Wildman–Crippen MR) is 139 cm³/mol. The van der Waals surface area contributed by atoms with Gasteiger partial charge in [-0.3, -0.25) is 19.5 Å². The van der Waals surface area contributed by atoms with Crippen molar-refractivity contribution in [3.05, 3.63) is 35.4 Å². The zero-order valence-electron chi connectivity index (χ0n) is 19.2. The Balaban J connectivity index is 0.00000363. The molecule has 0 spiro atoms. The number of aliphatic imine (C=N–C) groups is 1. The Morgan fingerprint density at radius 2 is 1.81 bits per heavy atom. The third-order valence-corrected chi connectivity index (χ3v) is 6.20. The molecule has 0 bridgehead atoms. The number of hydrogen-bond donors (Lipinski definition) is 3. The van der Waals surface area contributed by atoms with Crippen molar-refractivity contribution in [2.45, 2.75) is 25.7 Å². The lowest BCUT2D eigenvalue weighted by Crippen LogP contribution is -2.52. The average molecular weight is 556 g/mol. The van der Waals surface area contributed by atoms with E-state index in [2.05, 4.69) is 25.8 Å². The van der Waals surface area contributed by atoms with Crippen molar-refractivity contribution in [3.63, 3.8) is 0 Å². The first-order valence-corrected chi connectivity index (χ1v) is 11.4. The Hall–Kier alpha value is -1.88. The number of nitrogens with one attached hydrogen (secondary N) is 3. The van der Waals surface area contributed by atoms with Gasteiger partial charge in [-0.25, -0.2) is 0 Å². The molecule has 9 heteroatoms. The van der Waals surface area contributed by atoms with E-state index in [9.17, 15) is 9.59 Å². The van der Waals surface area contributed by atoms with Crippen molar-refractivity contribution in [1.82, 2.24) is 25.8 Å². The van der Waals surface area contributed by atoms with Gasteiger partial charge in [0.1, 0.15) is 0 Å².